The molecule has 3 nitrogen and oxygen atoms in total. The van der Waals surface area contributed by atoms with Crippen molar-refractivity contribution in [3.8, 4) is 0 Å². The Balaban J connectivity index is 1.90. The van der Waals surface area contributed by atoms with Crippen LogP contribution >= 0.6 is 27.3 Å². The van der Waals surface area contributed by atoms with Crippen molar-refractivity contribution in [3.63, 3.8) is 0 Å². The van der Waals surface area contributed by atoms with E-state index in [1.807, 2.05) is 12.1 Å². The van der Waals surface area contributed by atoms with Gasteiger partial charge in [-0.25, -0.2) is 8.42 Å². The molecule has 0 saturated heterocycles. The first kappa shape index (κ1) is 14.7. The largest absolute Gasteiger partial charge is 0.308 e. The van der Waals surface area contributed by atoms with E-state index in [1.54, 1.807) is 23.5 Å². The molecule has 0 radical (unpaired) electrons. The molecule has 2 rings (SSSR count). The SMILES string of the molecule is CS(=O)(=O)c1ccc(CNCc2cc(Br)cs2)cc1. The fraction of sp³-hybridized carbons (Fsp3) is 0.231. The summed E-state index contributed by atoms with van der Waals surface area (Å²) in [5.41, 5.74) is 1.07. The lowest BCUT2D eigenvalue weighted by molar-refractivity contribution is 0.602. The van der Waals surface area contributed by atoms with Crippen molar-refractivity contribution in [2.24, 2.45) is 0 Å². The molecule has 1 aromatic heterocycles. The molecule has 0 spiro atoms. The maximum absolute atomic E-state index is 11.3. The van der Waals surface area contributed by atoms with Gasteiger partial charge < -0.3 is 5.32 Å². The van der Waals surface area contributed by atoms with E-state index in [1.165, 1.54) is 11.1 Å². The van der Waals surface area contributed by atoms with Gasteiger partial charge in [-0.2, -0.15) is 0 Å². The number of benzene rings is 1. The summed E-state index contributed by atoms with van der Waals surface area (Å²) < 4.78 is 23.8. The molecule has 0 amide bonds. The third-order valence-corrected chi connectivity index (χ3v) is 5.43. The summed E-state index contributed by atoms with van der Waals surface area (Å²) in [6.07, 6.45) is 1.22. The minimum absolute atomic E-state index is 0.360. The monoisotopic (exact) mass is 359 g/mol. The third-order valence-electron chi connectivity index (χ3n) is 2.60. The van der Waals surface area contributed by atoms with Crippen LogP contribution in [0.5, 0.6) is 0 Å². The molecular formula is C13H14BrNO2S2. The molecule has 19 heavy (non-hydrogen) atoms. The van der Waals surface area contributed by atoms with Gasteiger partial charge in [-0.3, -0.25) is 0 Å². The minimum atomic E-state index is -3.10. The first-order valence-corrected chi connectivity index (χ1v) is 9.24. The van der Waals surface area contributed by atoms with E-state index in [-0.39, 0.29) is 0 Å². The molecule has 0 aliphatic heterocycles. The van der Waals surface area contributed by atoms with E-state index in [2.05, 4.69) is 32.7 Å². The summed E-state index contributed by atoms with van der Waals surface area (Å²) in [7, 11) is -3.10. The first-order chi connectivity index (χ1) is 8.95. The molecule has 6 heteroatoms. The Labute approximate surface area is 125 Å². The lowest BCUT2D eigenvalue weighted by Crippen LogP contribution is -2.11. The molecule has 2 aromatic rings. The Morgan fingerprint density at radius 3 is 2.42 bits per heavy atom. The quantitative estimate of drug-likeness (QED) is 0.891. The van der Waals surface area contributed by atoms with E-state index in [0.717, 1.165) is 23.1 Å². The maximum Gasteiger partial charge on any atom is 0.175 e. The predicted molar refractivity (Wildman–Crippen MR) is 82.1 cm³/mol. The Morgan fingerprint density at radius 2 is 1.89 bits per heavy atom. The van der Waals surface area contributed by atoms with E-state index in [4.69, 9.17) is 0 Å². The van der Waals surface area contributed by atoms with Gasteiger partial charge in [-0.15, -0.1) is 11.3 Å². The van der Waals surface area contributed by atoms with E-state index in [9.17, 15) is 8.42 Å². The van der Waals surface area contributed by atoms with Crippen LogP contribution in [0.3, 0.4) is 0 Å². The highest BCUT2D eigenvalue weighted by molar-refractivity contribution is 9.10. The van der Waals surface area contributed by atoms with Crippen LogP contribution in [0.1, 0.15) is 10.4 Å². The number of halogens is 1. The van der Waals surface area contributed by atoms with E-state index >= 15 is 0 Å². The normalized spacial score (nSPS) is 11.7. The maximum atomic E-state index is 11.3. The van der Waals surface area contributed by atoms with Gasteiger partial charge in [0.05, 0.1) is 4.90 Å². The van der Waals surface area contributed by atoms with Crippen LogP contribution in [0.25, 0.3) is 0 Å². The topological polar surface area (TPSA) is 46.2 Å². The molecule has 0 aliphatic rings. The molecule has 0 atom stereocenters. The zero-order valence-corrected chi connectivity index (χ0v) is 13.6. The Morgan fingerprint density at radius 1 is 1.21 bits per heavy atom. The molecular weight excluding hydrogens is 346 g/mol. The van der Waals surface area contributed by atoms with Crippen LogP contribution in [-0.2, 0) is 22.9 Å². The predicted octanol–water partition coefficient (Wildman–Crippen LogP) is 3.20. The van der Waals surface area contributed by atoms with E-state index < -0.39 is 9.84 Å². The molecule has 102 valence electrons. The van der Waals surface area contributed by atoms with Crippen LogP contribution in [0.15, 0.2) is 45.1 Å². The molecule has 0 aliphatic carbocycles. The van der Waals surface area contributed by atoms with Gasteiger partial charge in [0.1, 0.15) is 0 Å². The second-order valence-corrected chi connectivity index (χ2v) is 8.18. The van der Waals surface area contributed by atoms with Crippen LogP contribution in [-0.4, -0.2) is 14.7 Å². The lowest BCUT2D eigenvalue weighted by atomic mass is 10.2. The summed E-state index contributed by atoms with van der Waals surface area (Å²) in [5.74, 6) is 0. The zero-order chi connectivity index (χ0) is 13.9. The summed E-state index contributed by atoms with van der Waals surface area (Å²) in [5, 5.41) is 5.38. The fourth-order valence-corrected chi connectivity index (χ4v) is 3.68. The van der Waals surface area contributed by atoms with Gasteiger partial charge in [0.15, 0.2) is 9.84 Å². The van der Waals surface area contributed by atoms with Crippen LogP contribution in [0, 0.1) is 0 Å². The summed E-state index contributed by atoms with van der Waals surface area (Å²) in [6, 6.07) is 9.06. The molecule has 1 heterocycles. The fourth-order valence-electron chi connectivity index (χ4n) is 1.63. The van der Waals surface area contributed by atoms with Crippen molar-refractivity contribution in [1.82, 2.24) is 5.32 Å². The number of thiophene rings is 1. The number of hydrogen-bond donors (Lipinski definition) is 1. The van der Waals surface area contributed by atoms with Crippen molar-refractivity contribution in [2.45, 2.75) is 18.0 Å². The second-order valence-electron chi connectivity index (χ2n) is 4.25. The van der Waals surface area contributed by atoms with Gasteiger partial charge in [0.25, 0.3) is 0 Å². The van der Waals surface area contributed by atoms with Crippen molar-refractivity contribution < 1.29 is 8.42 Å². The average molecular weight is 360 g/mol. The minimum Gasteiger partial charge on any atom is -0.308 e. The summed E-state index contributed by atoms with van der Waals surface area (Å²) >= 11 is 5.12. The summed E-state index contributed by atoms with van der Waals surface area (Å²) in [6.45, 7) is 1.53. The molecule has 1 aromatic carbocycles. The zero-order valence-electron chi connectivity index (χ0n) is 10.4. The number of rotatable bonds is 5. The third kappa shape index (κ3) is 4.42. The highest BCUT2D eigenvalue weighted by Gasteiger charge is 2.05. The number of nitrogens with one attached hydrogen (secondary N) is 1. The highest BCUT2D eigenvalue weighted by Crippen LogP contribution is 2.19. The van der Waals surface area contributed by atoms with Crippen molar-refractivity contribution in [2.75, 3.05) is 6.26 Å². The van der Waals surface area contributed by atoms with Gasteiger partial charge in [-0.1, -0.05) is 12.1 Å². The van der Waals surface area contributed by atoms with Crippen LogP contribution < -0.4 is 5.32 Å². The summed E-state index contributed by atoms with van der Waals surface area (Å²) in [4.78, 5) is 1.62. The average Bonchev–Trinajstić information content (AvgIpc) is 2.75. The smallest absolute Gasteiger partial charge is 0.175 e. The molecule has 0 bridgehead atoms. The van der Waals surface area contributed by atoms with E-state index in [0.29, 0.717) is 4.90 Å². The molecule has 0 saturated carbocycles. The lowest BCUT2D eigenvalue weighted by Gasteiger charge is -2.04. The van der Waals surface area contributed by atoms with Gasteiger partial charge in [-0.05, 0) is 39.7 Å². The number of hydrogen-bond acceptors (Lipinski definition) is 4. The van der Waals surface area contributed by atoms with Gasteiger partial charge >= 0.3 is 0 Å². The standard InChI is InChI=1S/C13H14BrNO2S2/c1-19(16,17)13-4-2-10(3-5-13)7-15-8-12-6-11(14)9-18-12/h2-6,9,15H,7-8H2,1H3. The van der Waals surface area contributed by atoms with Crippen molar-refractivity contribution in [1.29, 1.82) is 0 Å². The van der Waals surface area contributed by atoms with Crippen molar-refractivity contribution in [3.05, 3.63) is 50.6 Å². The van der Waals surface area contributed by atoms with Gasteiger partial charge in [0.2, 0.25) is 0 Å². The Bertz CT molecular complexity index is 648. The Hall–Kier alpha value is -0.690. The van der Waals surface area contributed by atoms with Crippen LogP contribution in [0.2, 0.25) is 0 Å². The molecule has 1 N–H and O–H groups in total. The molecule has 0 unspecified atom stereocenters. The Kier molecular flexibility index (Phi) is 4.78. The second kappa shape index (κ2) is 6.17. The van der Waals surface area contributed by atoms with Crippen LogP contribution in [0.4, 0.5) is 0 Å². The first-order valence-electron chi connectivity index (χ1n) is 5.68. The molecule has 0 fully saturated rings. The highest BCUT2D eigenvalue weighted by atomic mass is 79.9. The van der Waals surface area contributed by atoms with Gasteiger partial charge in [0, 0.05) is 34.1 Å². The number of sulfone groups is 1. The van der Waals surface area contributed by atoms with Crippen molar-refractivity contribution >= 4 is 37.1 Å².